The van der Waals surface area contributed by atoms with Crippen LogP contribution in [0.1, 0.15) is 37.8 Å². The molecule has 0 unspecified atom stereocenters. The molecule has 5 nitrogen and oxygen atoms in total. The number of carbonyl (C=O) groups is 2. The summed E-state index contributed by atoms with van der Waals surface area (Å²) >= 11 is 1.39. The fourth-order valence-corrected chi connectivity index (χ4v) is 2.42. The number of hydrogen-bond donors (Lipinski definition) is 2. The van der Waals surface area contributed by atoms with Gasteiger partial charge in [-0.25, -0.2) is 4.98 Å². The van der Waals surface area contributed by atoms with E-state index < -0.39 is 5.97 Å². The molecule has 1 aliphatic carbocycles. The van der Waals surface area contributed by atoms with Crippen LogP contribution in [0.25, 0.3) is 0 Å². The lowest BCUT2D eigenvalue weighted by Crippen LogP contribution is -2.11. The zero-order valence-electron chi connectivity index (χ0n) is 10.0. The largest absolute Gasteiger partial charge is 0.481 e. The third-order valence-corrected chi connectivity index (χ3v) is 3.60. The van der Waals surface area contributed by atoms with Gasteiger partial charge in [-0.15, -0.1) is 11.3 Å². The van der Waals surface area contributed by atoms with Crippen LogP contribution in [0.2, 0.25) is 0 Å². The molecule has 0 bridgehead atoms. The molecular formula is C12H16N2O3S. The van der Waals surface area contributed by atoms with Gasteiger partial charge < -0.3 is 10.4 Å². The number of carboxylic acid groups (broad SMARTS) is 1. The van der Waals surface area contributed by atoms with E-state index in [1.54, 1.807) is 0 Å². The van der Waals surface area contributed by atoms with Gasteiger partial charge in [-0.1, -0.05) is 0 Å². The van der Waals surface area contributed by atoms with Gasteiger partial charge in [0.25, 0.3) is 0 Å². The van der Waals surface area contributed by atoms with Gasteiger partial charge in [-0.05, 0) is 31.6 Å². The molecular weight excluding hydrogens is 252 g/mol. The number of aromatic nitrogens is 1. The van der Waals surface area contributed by atoms with Gasteiger partial charge >= 0.3 is 5.97 Å². The molecule has 0 radical (unpaired) electrons. The molecule has 1 aliphatic rings. The highest BCUT2D eigenvalue weighted by molar-refractivity contribution is 7.13. The van der Waals surface area contributed by atoms with E-state index in [4.69, 9.17) is 5.11 Å². The Morgan fingerprint density at radius 2 is 2.28 bits per heavy atom. The summed E-state index contributed by atoms with van der Waals surface area (Å²) in [5.74, 6) is -0.188. The van der Waals surface area contributed by atoms with Gasteiger partial charge in [0.2, 0.25) is 5.91 Å². The zero-order chi connectivity index (χ0) is 13.0. The van der Waals surface area contributed by atoms with Gasteiger partial charge in [0.1, 0.15) is 0 Å². The third-order valence-electron chi connectivity index (χ3n) is 2.79. The van der Waals surface area contributed by atoms with Crippen molar-refractivity contribution in [1.82, 2.24) is 4.98 Å². The summed E-state index contributed by atoms with van der Waals surface area (Å²) in [6.07, 6.45) is 4.28. The average molecular weight is 268 g/mol. The Morgan fingerprint density at radius 3 is 2.94 bits per heavy atom. The van der Waals surface area contributed by atoms with E-state index in [-0.39, 0.29) is 12.3 Å². The molecule has 1 saturated carbocycles. The number of carbonyl (C=O) groups excluding carboxylic acids is 1. The normalized spacial score (nSPS) is 14.4. The smallest absolute Gasteiger partial charge is 0.303 e. The Hall–Kier alpha value is -1.43. The van der Waals surface area contributed by atoms with Crippen molar-refractivity contribution < 1.29 is 14.7 Å². The van der Waals surface area contributed by atoms with Crippen molar-refractivity contribution in [3.63, 3.8) is 0 Å². The van der Waals surface area contributed by atoms with Crippen molar-refractivity contribution in [2.24, 2.45) is 5.92 Å². The minimum atomic E-state index is -0.789. The van der Waals surface area contributed by atoms with Crippen LogP contribution in [0.15, 0.2) is 5.38 Å². The van der Waals surface area contributed by atoms with E-state index in [2.05, 4.69) is 10.3 Å². The van der Waals surface area contributed by atoms with Gasteiger partial charge in [-0.2, -0.15) is 0 Å². The Morgan fingerprint density at radius 1 is 1.50 bits per heavy atom. The van der Waals surface area contributed by atoms with E-state index >= 15 is 0 Å². The average Bonchev–Trinajstić information content (AvgIpc) is 2.98. The standard InChI is InChI=1S/C12H16N2O3S/c15-10(6-8-4-5-8)14-12-13-9(7-18-12)2-1-3-11(16)17/h7-8H,1-6H2,(H,16,17)(H,13,14,15). The summed E-state index contributed by atoms with van der Waals surface area (Å²) in [6.45, 7) is 0. The lowest BCUT2D eigenvalue weighted by Gasteiger charge is -1.99. The SMILES string of the molecule is O=C(O)CCCc1csc(NC(=O)CC2CC2)n1. The number of carboxylic acids is 1. The number of hydrogen-bond acceptors (Lipinski definition) is 4. The zero-order valence-corrected chi connectivity index (χ0v) is 10.8. The number of aryl methyl sites for hydroxylation is 1. The summed E-state index contributed by atoms with van der Waals surface area (Å²) < 4.78 is 0. The second-order valence-corrected chi connectivity index (χ2v) is 5.45. The summed E-state index contributed by atoms with van der Waals surface area (Å²) in [6, 6.07) is 0. The number of amides is 1. The highest BCUT2D eigenvalue weighted by Gasteiger charge is 2.24. The van der Waals surface area contributed by atoms with E-state index in [1.165, 1.54) is 11.3 Å². The molecule has 1 fully saturated rings. The maximum Gasteiger partial charge on any atom is 0.303 e. The Balaban J connectivity index is 1.74. The van der Waals surface area contributed by atoms with Crippen LogP contribution in [-0.4, -0.2) is 22.0 Å². The van der Waals surface area contributed by atoms with Gasteiger partial charge in [0.15, 0.2) is 5.13 Å². The Bertz CT molecular complexity index is 440. The van der Waals surface area contributed by atoms with Crippen molar-refractivity contribution in [3.05, 3.63) is 11.1 Å². The molecule has 6 heteroatoms. The molecule has 0 aromatic carbocycles. The predicted octanol–water partition coefficient (Wildman–Crippen LogP) is 2.29. The van der Waals surface area contributed by atoms with Gasteiger partial charge in [-0.3, -0.25) is 9.59 Å². The number of nitrogens with one attached hydrogen (secondary N) is 1. The second-order valence-electron chi connectivity index (χ2n) is 4.59. The topological polar surface area (TPSA) is 79.3 Å². The Labute approximate surface area is 109 Å². The van der Waals surface area contributed by atoms with E-state index in [0.717, 1.165) is 18.5 Å². The quantitative estimate of drug-likeness (QED) is 0.795. The first-order chi connectivity index (χ1) is 8.63. The number of anilines is 1. The molecule has 0 spiro atoms. The third kappa shape index (κ3) is 4.44. The molecule has 1 aromatic rings. The van der Waals surface area contributed by atoms with E-state index in [0.29, 0.717) is 30.3 Å². The number of nitrogens with zero attached hydrogens (tertiary/aromatic N) is 1. The summed E-state index contributed by atoms with van der Waals surface area (Å²) in [5, 5.41) is 13.8. The van der Waals surface area contributed by atoms with Gasteiger partial charge in [0, 0.05) is 18.2 Å². The molecule has 98 valence electrons. The van der Waals surface area contributed by atoms with E-state index in [1.807, 2.05) is 5.38 Å². The summed E-state index contributed by atoms with van der Waals surface area (Å²) in [5.41, 5.74) is 0.850. The predicted molar refractivity (Wildman–Crippen MR) is 68.7 cm³/mol. The molecule has 2 rings (SSSR count). The van der Waals surface area contributed by atoms with Crippen molar-refractivity contribution >= 4 is 28.3 Å². The summed E-state index contributed by atoms with van der Waals surface area (Å²) in [7, 11) is 0. The maximum absolute atomic E-state index is 11.6. The molecule has 0 aliphatic heterocycles. The molecule has 0 saturated heterocycles. The summed E-state index contributed by atoms with van der Waals surface area (Å²) in [4.78, 5) is 26.2. The first-order valence-electron chi connectivity index (χ1n) is 6.09. The molecule has 0 atom stereocenters. The minimum absolute atomic E-state index is 0.0314. The first kappa shape index (κ1) is 13.0. The van der Waals surface area contributed by atoms with Crippen LogP contribution in [0.4, 0.5) is 5.13 Å². The van der Waals surface area contributed by atoms with Crippen LogP contribution in [0.3, 0.4) is 0 Å². The highest BCUT2D eigenvalue weighted by atomic mass is 32.1. The minimum Gasteiger partial charge on any atom is -0.481 e. The van der Waals surface area contributed by atoms with Crippen LogP contribution >= 0.6 is 11.3 Å². The van der Waals surface area contributed by atoms with Crippen molar-refractivity contribution in [2.75, 3.05) is 5.32 Å². The fourth-order valence-electron chi connectivity index (χ4n) is 1.65. The second kappa shape index (κ2) is 5.95. The first-order valence-corrected chi connectivity index (χ1v) is 6.97. The van der Waals surface area contributed by atoms with Crippen LogP contribution in [-0.2, 0) is 16.0 Å². The van der Waals surface area contributed by atoms with Crippen LogP contribution < -0.4 is 5.32 Å². The van der Waals surface area contributed by atoms with Crippen LogP contribution in [0.5, 0.6) is 0 Å². The van der Waals surface area contributed by atoms with Crippen molar-refractivity contribution in [2.45, 2.75) is 38.5 Å². The number of thiazole rings is 1. The molecule has 1 amide bonds. The van der Waals surface area contributed by atoms with Gasteiger partial charge in [0.05, 0.1) is 5.69 Å². The van der Waals surface area contributed by atoms with Crippen LogP contribution in [0, 0.1) is 5.92 Å². The van der Waals surface area contributed by atoms with Crippen molar-refractivity contribution in [3.8, 4) is 0 Å². The lowest BCUT2D eigenvalue weighted by molar-refractivity contribution is -0.137. The van der Waals surface area contributed by atoms with E-state index in [9.17, 15) is 9.59 Å². The highest BCUT2D eigenvalue weighted by Crippen LogP contribution is 2.32. The monoisotopic (exact) mass is 268 g/mol. The Kier molecular flexibility index (Phi) is 4.30. The van der Waals surface area contributed by atoms with Crippen molar-refractivity contribution in [1.29, 1.82) is 0 Å². The number of aliphatic carboxylic acids is 1. The fraction of sp³-hybridized carbons (Fsp3) is 0.583. The molecule has 1 aromatic heterocycles. The molecule has 2 N–H and O–H groups in total. The molecule has 18 heavy (non-hydrogen) atoms. The maximum atomic E-state index is 11.6. The number of rotatable bonds is 7. The molecule has 1 heterocycles. The lowest BCUT2D eigenvalue weighted by atomic mass is 10.2.